The molecule has 1 fully saturated rings. The topological polar surface area (TPSA) is 58.4 Å². The average molecular weight is 275 g/mol. The minimum Gasteiger partial charge on any atom is -0.398 e. The predicted octanol–water partition coefficient (Wildman–Crippen LogP) is 2.64. The molecule has 1 aromatic rings. The predicted molar refractivity (Wildman–Crippen MR) is 83.7 cm³/mol. The van der Waals surface area contributed by atoms with Crippen molar-refractivity contribution in [2.75, 3.05) is 24.1 Å². The molecule has 1 aromatic carbocycles. The number of hydrogen-bond donors (Lipinski definition) is 2. The molecule has 0 radical (unpaired) electrons. The van der Waals surface area contributed by atoms with Crippen LogP contribution in [0.5, 0.6) is 0 Å². The number of anilines is 2. The number of rotatable bonds is 3. The van der Waals surface area contributed by atoms with E-state index in [2.05, 4.69) is 24.1 Å². The number of nitrogens with two attached hydrogens (primary N) is 1. The summed E-state index contributed by atoms with van der Waals surface area (Å²) in [7, 11) is 0. The number of nitrogens with one attached hydrogen (secondary N) is 1. The van der Waals surface area contributed by atoms with Gasteiger partial charge in [0.2, 0.25) is 5.91 Å². The molecule has 1 heterocycles. The van der Waals surface area contributed by atoms with Crippen LogP contribution in [-0.2, 0) is 4.79 Å². The van der Waals surface area contributed by atoms with Gasteiger partial charge in [0, 0.05) is 24.0 Å². The summed E-state index contributed by atoms with van der Waals surface area (Å²) < 4.78 is 0. The van der Waals surface area contributed by atoms with Crippen LogP contribution in [0.4, 0.5) is 11.4 Å². The Hall–Kier alpha value is -1.55. The number of nitrogens with zero attached hydrogens (tertiary/aromatic N) is 1. The van der Waals surface area contributed by atoms with E-state index in [9.17, 15) is 4.79 Å². The van der Waals surface area contributed by atoms with E-state index in [0.29, 0.717) is 24.2 Å². The van der Waals surface area contributed by atoms with Crippen molar-refractivity contribution in [1.82, 2.24) is 4.90 Å². The second-order valence-electron chi connectivity index (χ2n) is 6.03. The Morgan fingerprint density at radius 2 is 2.15 bits per heavy atom. The molecule has 110 valence electrons. The van der Waals surface area contributed by atoms with Crippen molar-refractivity contribution in [2.24, 2.45) is 5.92 Å². The Balaban J connectivity index is 1.96. The monoisotopic (exact) mass is 275 g/mol. The largest absolute Gasteiger partial charge is 0.398 e. The van der Waals surface area contributed by atoms with E-state index < -0.39 is 0 Å². The second-order valence-corrected chi connectivity index (χ2v) is 6.03. The molecule has 3 N–H and O–H groups in total. The maximum Gasteiger partial charge on any atom is 0.238 e. The maximum atomic E-state index is 12.2. The third kappa shape index (κ3) is 3.51. The van der Waals surface area contributed by atoms with Crippen LogP contribution in [0, 0.1) is 12.8 Å². The number of likely N-dealkylation sites (tertiary alicyclic amines) is 1. The number of piperidine rings is 1. The molecular weight excluding hydrogens is 250 g/mol. The van der Waals surface area contributed by atoms with Crippen molar-refractivity contribution < 1.29 is 4.79 Å². The van der Waals surface area contributed by atoms with Crippen LogP contribution in [-0.4, -0.2) is 29.9 Å². The van der Waals surface area contributed by atoms with E-state index in [1.807, 2.05) is 25.1 Å². The molecular formula is C16H25N3O. The first-order chi connectivity index (χ1) is 9.47. The smallest absolute Gasteiger partial charge is 0.238 e. The number of hydrogen-bond acceptors (Lipinski definition) is 3. The zero-order valence-corrected chi connectivity index (χ0v) is 12.6. The molecule has 1 amide bonds. The van der Waals surface area contributed by atoms with Gasteiger partial charge in [0.15, 0.2) is 0 Å². The lowest BCUT2D eigenvalue weighted by atomic mass is 9.95. The summed E-state index contributed by atoms with van der Waals surface area (Å²) in [5.41, 5.74) is 8.31. The minimum atomic E-state index is 0.0413. The molecule has 4 nitrogen and oxygen atoms in total. The Morgan fingerprint density at radius 3 is 2.90 bits per heavy atom. The van der Waals surface area contributed by atoms with Gasteiger partial charge in [-0.05, 0) is 50.3 Å². The molecule has 20 heavy (non-hydrogen) atoms. The van der Waals surface area contributed by atoms with Gasteiger partial charge in [0.25, 0.3) is 0 Å². The van der Waals surface area contributed by atoms with Crippen molar-refractivity contribution in [1.29, 1.82) is 0 Å². The van der Waals surface area contributed by atoms with E-state index in [0.717, 1.165) is 17.8 Å². The van der Waals surface area contributed by atoms with Gasteiger partial charge in [-0.3, -0.25) is 9.69 Å². The van der Waals surface area contributed by atoms with Gasteiger partial charge in [0.1, 0.15) is 0 Å². The van der Waals surface area contributed by atoms with Crippen molar-refractivity contribution >= 4 is 17.3 Å². The van der Waals surface area contributed by atoms with Crippen LogP contribution in [0.2, 0.25) is 0 Å². The molecule has 2 unspecified atom stereocenters. The van der Waals surface area contributed by atoms with Crippen molar-refractivity contribution in [2.45, 2.75) is 39.7 Å². The summed E-state index contributed by atoms with van der Waals surface area (Å²) >= 11 is 0. The van der Waals surface area contributed by atoms with Crippen LogP contribution < -0.4 is 11.1 Å². The van der Waals surface area contributed by atoms with Gasteiger partial charge in [-0.15, -0.1) is 0 Å². The third-order valence-electron chi connectivity index (χ3n) is 4.24. The van der Waals surface area contributed by atoms with Crippen molar-refractivity contribution in [3.05, 3.63) is 23.8 Å². The summed E-state index contributed by atoms with van der Waals surface area (Å²) in [4.78, 5) is 14.5. The molecule has 0 bridgehead atoms. The zero-order chi connectivity index (χ0) is 14.7. The molecule has 0 aliphatic carbocycles. The molecule has 1 aliphatic heterocycles. The molecule has 1 aliphatic rings. The zero-order valence-electron chi connectivity index (χ0n) is 12.6. The van der Waals surface area contributed by atoms with Crippen molar-refractivity contribution in [3.8, 4) is 0 Å². The van der Waals surface area contributed by atoms with Gasteiger partial charge in [0.05, 0.1) is 6.54 Å². The summed E-state index contributed by atoms with van der Waals surface area (Å²) in [6.07, 6.45) is 2.43. The number of carbonyl (C=O) groups excluding carboxylic acids is 1. The molecule has 1 saturated heterocycles. The number of benzene rings is 1. The first-order valence-corrected chi connectivity index (χ1v) is 7.36. The molecule has 0 saturated carbocycles. The standard InChI is InChI=1S/C16H25N3O/c1-11-7-8-12(2)19(9-11)10-16(20)18-15-6-4-5-14(17)13(15)3/h4-6,11-12H,7-10,17H2,1-3H3,(H,18,20). The normalized spacial score (nSPS) is 23.6. The first-order valence-electron chi connectivity index (χ1n) is 7.36. The highest BCUT2D eigenvalue weighted by Gasteiger charge is 2.24. The number of amides is 1. The first kappa shape index (κ1) is 14.9. The van der Waals surface area contributed by atoms with E-state index in [1.54, 1.807) is 0 Å². The number of nitrogen functional groups attached to an aromatic ring is 1. The Morgan fingerprint density at radius 1 is 1.40 bits per heavy atom. The third-order valence-corrected chi connectivity index (χ3v) is 4.24. The lowest BCUT2D eigenvalue weighted by molar-refractivity contribution is -0.118. The van der Waals surface area contributed by atoms with E-state index in [4.69, 9.17) is 5.73 Å². The SMILES string of the molecule is Cc1c(N)cccc1NC(=O)CN1CC(C)CCC1C. The Labute approximate surface area is 121 Å². The fourth-order valence-corrected chi connectivity index (χ4v) is 2.76. The van der Waals surface area contributed by atoms with Crippen molar-refractivity contribution in [3.63, 3.8) is 0 Å². The average Bonchev–Trinajstić information content (AvgIpc) is 2.39. The highest BCUT2D eigenvalue weighted by atomic mass is 16.2. The van der Waals surface area contributed by atoms with Gasteiger partial charge < -0.3 is 11.1 Å². The summed E-state index contributed by atoms with van der Waals surface area (Å²) in [6.45, 7) is 7.84. The molecule has 0 spiro atoms. The second kappa shape index (κ2) is 6.27. The maximum absolute atomic E-state index is 12.2. The quantitative estimate of drug-likeness (QED) is 0.834. The van der Waals surface area contributed by atoms with Crippen LogP contribution in [0.25, 0.3) is 0 Å². The number of carbonyl (C=O) groups is 1. The fraction of sp³-hybridized carbons (Fsp3) is 0.562. The highest BCUT2D eigenvalue weighted by Crippen LogP contribution is 2.22. The summed E-state index contributed by atoms with van der Waals surface area (Å²) in [5.74, 6) is 0.716. The lowest BCUT2D eigenvalue weighted by Gasteiger charge is -2.36. The highest BCUT2D eigenvalue weighted by molar-refractivity contribution is 5.93. The van der Waals surface area contributed by atoms with Gasteiger partial charge in [-0.25, -0.2) is 0 Å². The van der Waals surface area contributed by atoms with E-state index in [-0.39, 0.29) is 5.91 Å². The van der Waals surface area contributed by atoms with Gasteiger partial charge in [-0.1, -0.05) is 13.0 Å². The van der Waals surface area contributed by atoms with Crippen LogP contribution in [0.3, 0.4) is 0 Å². The van der Waals surface area contributed by atoms with Gasteiger partial charge >= 0.3 is 0 Å². The van der Waals surface area contributed by atoms with Gasteiger partial charge in [-0.2, -0.15) is 0 Å². The van der Waals surface area contributed by atoms with Crippen LogP contribution in [0.15, 0.2) is 18.2 Å². The summed E-state index contributed by atoms with van der Waals surface area (Å²) in [5, 5.41) is 2.97. The van der Waals surface area contributed by atoms with Crippen LogP contribution >= 0.6 is 0 Å². The fourth-order valence-electron chi connectivity index (χ4n) is 2.76. The lowest BCUT2D eigenvalue weighted by Crippen LogP contribution is -2.45. The molecule has 0 aromatic heterocycles. The Kier molecular flexibility index (Phi) is 4.65. The van der Waals surface area contributed by atoms with Crippen LogP contribution in [0.1, 0.15) is 32.3 Å². The van der Waals surface area contributed by atoms with E-state index in [1.165, 1.54) is 12.8 Å². The summed E-state index contributed by atoms with van der Waals surface area (Å²) in [6, 6.07) is 6.09. The Bertz CT molecular complexity index is 487. The molecule has 4 heteroatoms. The minimum absolute atomic E-state index is 0.0413. The molecule has 2 atom stereocenters. The molecule has 2 rings (SSSR count). The van der Waals surface area contributed by atoms with E-state index >= 15 is 0 Å².